The van der Waals surface area contributed by atoms with Crippen LogP contribution in [0.5, 0.6) is 0 Å². The predicted molar refractivity (Wildman–Crippen MR) is 110 cm³/mol. The van der Waals surface area contributed by atoms with Crippen LogP contribution in [0.4, 0.5) is 0 Å². The Morgan fingerprint density at radius 2 is 1.33 bits per heavy atom. The van der Waals surface area contributed by atoms with Crippen LogP contribution in [0.1, 0.15) is 17.0 Å². The Kier molecular flexibility index (Phi) is 6.07. The highest BCUT2D eigenvalue weighted by Gasteiger charge is 2.38. The van der Waals surface area contributed by atoms with E-state index < -0.39 is 27.9 Å². The zero-order valence-corrected chi connectivity index (χ0v) is 17.5. The van der Waals surface area contributed by atoms with Crippen molar-refractivity contribution in [3.05, 3.63) is 89.3 Å². The minimum Gasteiger partial charge on any atom is -0.466 e. The van der Waals surface area contributed by atoms with Gasteiger partial charge in [0.2, 0.25) is 0 Å². The molecule has 1 aliphatic heterocycles. The highest BCUT2D eigenvalue weighted by molar-refractivity contribution is 7.89. The first kappa shape index (κ1) is 21.3. The van der Waals surface area contributed by atoms with E-state index in [1.807, 2.05) is 6.92 Å². The lowest BCUT2D eigenvalue weighted by Crippen LogP contribution is -2.31. The van der Waals surface area contributed by atoms with E-state index in [0.717, 1.165) is 9.87 Å². The normalized spacial score (nSPS) is 14.6. The van der Waals surface area contributed by atoms with Crippen LogP contribution in [0.3, 0.4) is 0 Å². The number of methoxy groups -OCH3 is 2. The van der Waals surface area contributed by atoms with Crippen molar-refractivity contribution in [3.8, 4) is 0 Å². The van der Waals surface area contributed by atoms with Gasteiger partial charge in [-0.05, 0) is 24.6 Å². The van der Waals surface area contributed by atoms with Crippen molar-refractivity contribution in [2.75, 3.05) is 14.2 Å². The molecule has 0 atom stereocenters. The standard InChI is InChI=1S/C22H21NO6S/c1-15-9-11-17(12-10-15)30(26,27)23-13-18(21(24)28-2)20(16-7-5-4-6-8-16)19(14-23)22(25)29-3/h4-14,20H,1-3H3. The average molecular weight is 427 g/mol. The Morgan fingerprint density at radius 3 is 1.80 bits per heavy atom. The van der Waals surface area contributed by atoms with E-state index in [2.05, 4.69) is 0 Å². The maximum Gasteiger partial charge on any atom is 0.336 e. The van der Waals surface area contributed by atoms with E-state index in [9.17, 15) is 18.0 Å². The van der Waals surface area contributed by atoms with Crippen molar-refractivity contribution in [1.29, 1.82) is 0 Å². The van der Waals surface area contributed by atoms with Gasteiger partial charge in [-0.2, -0.15) is 0 Å². The third-order valence-corrected chi connectivity index (χ3v) is 6.36. The van der Waals surface area contributed by atoms with Crippen LogP contribution in [0.25, 0.3) is 0 Å². The van der Waals surface area contributed by atoms with E-state index >= 15 is 0 Å². The highest BCUT2D eigenvalue weighted by Crippen LogP contribution is 2.38. The molecule has 0 unspecified atom stereocenters. The van der Waals surface area contributed by atoms with Gasteiger partial charge in [-0.15, -0.1) is 0 Å². The lowest BCUT2D eigenvalue weighted by Gasteiger charge is -2.29. The number of esters is 2. The topological polar surface area (TPSA) is 90.0 Å². The number of nitrogens with zero attached hydrogens (tertiary/aromatic N) is 1. The van der Waals surface area contributed by atoms with Crippen molar-refractivity contribution in [1.82, 2.24) is 4.31 Å². The summed E-state index contributed by atoms with van der Waals surface area (Å²) in [5.41, 5.74) is 1.52. The van der Waals surface area contributed by atoms with Gasteiger partial charge in [-0.25, -0.2) is 22.3 Å². The van der Waals surface area contributed by atoms with Crippen molar-refractivity contribution < 1.29 is 27.5 Å². The number of rotatable bonds is 5. The molecule has 2 aromatic rings. The molecular weight excluding hydrogens is 406 g/mol. The SMILES string of the molecule is COC(=O)C1=CN(S(=O)(=O)c2ccc(C)cc2)C=C(C(=O)OC)C1c1ccccc1. The molecule has 0 fully saturated rings. The Labute approximate surface area is 175 Å². The van der Waals surface area contributed by atoms with E-state index in [1.54, 1.807) is 42.5 Å². The highest BCUT2D eigenvalue weighted by atomic mass is 32.2. The molecule has 30 heavy (non-hydrogen) atoms. The van der Waals surface area contributed by atoms with E-state index in [1.165, 1.54) is 38.8 Å². The van der Waals surface area contributed by atoms with Crippen molar-refractivity contribution in [2.24, 2.45) is 0 Å². The van der Waals surface area contributed by atoms with Crippen LogP contribution in [0.2, 0.25) is 0 Å². The Balaban J connectivity index is 2.20. The molecule has 0 aromatic heterocycles. The second kappa shape index (κ2) is 8.54. The van der Waals surface area contributed by atoms with Gasteiger partial charge < -0.3 is 9.47 Å². The molecule has 0 aliphatic carbocycles. The first-order chi connectivity index (χ1) is 14.3. The number of hydrogen-bond acceptors (Lipinski definition) is 6. The van der Waals surface area contributed by atoms with Crippen LogP contribution in [-0.4, -0.2) is 38.9 Å². The third-order valence-electron chi connectivity index (χ3n) is 4.73. The molecule has 0 radical (unpaired) electrons. The second-order valence-corrected chi connectivity index (χ2v) is 8.49. The van der Waals surface area contributed by atoms with Gasteiger partial charge in [0.05, 0.1) is 36.2 Å². The summed E-state index contributed by atoms with van der Waals surface area (Å²) < 4.78 is 37.0. The van der Waals surface area contributed by atoms with E-state index in [4.69, 9.17) is 9.47 Å². The van der Waals surface area contributed by atoms with Crippen LogP contribution in [-0.2, 0) is 29.1 Å². The first-order valence-electron chi connectivity index (χ1n) is 9.04. The third kappa shape index (κ3) is 3.99. The molecule has 1 heterocycles. The Morgan fingerprint density at radius 1 is 0.833 bits per heavy atom. The monoisotopic (exact) mass is 427 g/mol. The molecule has 7 nitrogen and oxygen atoms in total. The maximum absolute atomic E-state index is 13.2. The molecule has 0 saturated heterocycles. The van der Waals surface area contributed by atoms with Gasteiger partial charge in [0, 0.05) is 12.4 Å². The number of benzene rings is 2. The molecule has 0 N–H and O–H groups in total. The van der Waals surface area contributed by atoms with E-state index in [0.29, 0.717) is 5.56 Å². The fourth-order valence-electron chi connectivity index (χ4n) is 3.18. The summed E-state index contributed by atoms with van der Waals surface area (Å²) >= 11 is 0. The van der Waals surface area contributed by atoms with Crippen LogP contribution in [0.15, 0.2) is 83.0 Å². The fourth-order valence-corrected chi connectivity index (χ4v) is 4.41. The summed E-state index contributed by atoms with van der Waals surface area (Å²) in [7, 11) is -1.68. The molecule has 156 valence electrons. The minimum absolute atomic E-state index is 0.00212. The summed E-state index contributed by atoms with van der Waals surface area (Å²) in [5, 5.41) is 0. The van der Waals surface area contributed by atoms with Crippen molar-refractivity contribution in [2.45, 2.75) is 17.7 Å². The lowest BCUT2D eigenvalue weighted by atomic mass is 9.84. The second-order valence-electron chi connectivity index (χ2n) is 6.64. The zero-order valence-electron chi connectivity index (χ0n) is 16.7. The number of carbonyl (C=O) groups excluding carboxylic acids is 2. The Bertz CT molecular complexity index is 1080. The largest absolute Gasteiger partial charge is 0.466 e. The van der Waals surface area contributed by atoms with Gasteiger partial charge in [-0.3, -0.25) is 0 Å². The molecule has 0 amide bonds. The van der Waals surface area contributed by atoms with Crippen LogP contribution >= 0.6 is 0 Å². The van der Waals surface area contributed by atoms with Gasteiger partial charge in [0.25, 0.3) is 10.0 Å². The van der Waals surface area contributed by atoms with E-state index in [-0.39, 0.29) is 16.0 Å². The molecular formula is C22H21NO6S. The smallest absolute Gasteiger partial charge is 0.336 e. The zero-order chi connectivity index (χ0) is 21.9. The summed E-state index contributed by atoms with van der Waals surface area (Å²) in [6, 6.07) is 15.0. The van der Waals surface area contributed by atoms with Gasteiger partial charge in [-0.1, -0.05) is 48.0 Å². The quantitative estimate of drug-likeness (QED) is 0.682. The summed E-state index contributed by atoms with van der Waals surface area (Å²) in [4.78, 5) is 25.2. The molecule has 8 heteroatoms. The predicted octanol–water partition coefficient (Wildman–Crippen LogP) is 2.90. The van der Waals surface area contributed by atoms with Gasteiger partial charge in [0.15, 0.2) is 0 Å². The number of ether oxygens (including phenoxy) is 2. The summed E-state index contributed by atoms with van der Waals surface area (Å²) in [6.07, 6.45) is 2.37. The number of carbonyl (C=O) groups is 2. The summed E-state index contributed by atoms with van der Waals surface area (Å²) in [5.74, 6) is -2.33. The van der Waals surface area contributed by atoms with Crippen molar-refractivity contribution >= 4 is 22.0 Å². The number of hydrogen-bond donors (Lipinski definition) is 0. The number of sulfonamides is 1. The summed E-state index contributed by atoms with van der Waals surface area (Å²) in [6.45, 7) is 1.84. The van der Waals surface area contributed by atoms with Gasteiger partial charge in [0.1, 0.15) is 0 Å². The Hall–Kier alpha value is -3.39. The molecule has 0 spiro atoms. The van der Waals surface area contributed by atoms with Crippen LogP contribution in [0, 0.1) is 6.92 Å². The molecule has 2 aromatic carbocycles. The first-order valence-corrected chi connectivity index (χ1v) is 10.5. The molecule has 1 aliphatic rings. The fraction of sp³-hybridized carbons (Fsp3) is 0.182. The molecule has 3 rings (SSSR count). The average Bonchev–Trinajstić information content (AvgIpc) is 2.77. The maximum atomic E-state index is 13.2. The lowest BCUT2D eigenvalue weighted by molar-refractivity contribution is -0.137. The molecule has 0 bridgehead atoms. The van der Waals surface area contributed by atoms with Crippen molar-refractivity contribution in [3.63, 3.8) is 0 Å². The van der Waals surface area contributed by atoms with Gasteiger partial charge >= 0.3 is 11.9 Å². The van der Waals surface area contributed by atoms with Crippen LogP contribution < -0.4 is 0 Å². The number of aryl methyl sites for hydroxylation is 1. The minimum atomic E-state index is -4.07. The molecule has 0 saturated carbocycles.